The molecule has 3 aliphatic rings. The second-order valence-corrected chi connectivity index (χ2v) is 8.11. The van der Waals surface area contributed by atoms with Crippen molar-refractivity contribution in [3.63, 3.8) is 0 Å². The molecule has 0 aliphatic carbocycles. The van der Waals surface area contributed by atoms with Gasteiger partial charge in [0.05, 0.1) is 5.69 Å². The molecule has 0 unspecified atom stereocenters. The molecule has 0 spiro atoms. The summed E-state index contributed by atoms with van der Waals surface area (Å²) in [7, 11) is 3.56. The van der Waals surface area contributed by atoms with Gasteiger partial charge in [0.1, 0.15) is 11.3 Å². The van der Waals surface area contributed by atoms with E-state index in [9.17, 15) is 9.59 Å². The van der Waals surface area contributed by atoms with Crippen molar-refractivity contribution >= 4 is 17.6 Å². The Morgan fingerprint density at radius 2 is 1.93 bits per heavy atom. The summed E-state index contributed by atoms with van der Waals surface area (Å²) in [4.78, 5) is 36.0. The van der Waals surface area contributed by atoms with Gasteiger partial charge in [0, 0.05) is 46.0 Å². The van der Waals surface area contributed by atoms with E-state index < -0.39 is 0 Å². The molecule has 3 aliphatic heterocycles. The number of aryl methyl sites for hydroxylation is 2. The van der Waals surface area contributed by atoms with Crippen LogP contribution in [0.2, 0.25) is 0 Å². The maximum Gasteiger partial charge on any atom is 0.319 e. The minimum atomic E-state index is 0.0257. The second-order valence-electron chi connectivity index (χ2n) is 8.11. The number of aromatic nitrogens is 2. The van der Waals surface area contributed by atoms with Crippen LogP contribution in [0.5, 0.6) is 0 Å². The first-order valence-corrected chi connectivity index (χ1v) is 9.57. The predicted octanol–water partition coefficient (Wildman–Crippen LogP) is 2.17. The number of piperidine rings is 1. The maximum absolute atomic E-state index is 13.5. The van der Waals surface area contributed by atoms with Gasteiger partial charge in [0.2, 0.25) is 0 Å². The van der Waals surface area contributed by atoms with Crippen molar-refractivity contribution in [3.8, 4) is 0 Å². The summed E-state index contributed by atoms with van der Waals surface area (Å²) in [6.45, 7) is 5.96. The van der Waals surface area contributed by atoms with Gasteiger partial charge in [-0.3, -0.25) is 9.20 Å². The van der Waals surface area contributed by atoms with Crippen molar-refractivity contribution in [2.75, 3.05) is 33.7 Å². The first-order valence-electron chi connectivity index (χ1n) is 9.57. The van der Waals surface area contributed by atoms with Gasteiger partial charge < -0.3 is 14.7 Å². The molecular formula is C20H27N5O2. The van der Waals surface area contributed by atoms with Gasteiger partial charge in [0.15, 0.2) is 0 Å². The van der Waals surface area contributed by atoms with Gasteiger partial charge >= 0.3 is 6.03 Å². The second kappa shape index (κ2) is 6.55. The van der Waals surface area contributed by atoms with Gasteiger partial charge in [-0.2, -0.15) is 0 Å². The molecule has 27 heavy (non-hydrogen) atoms. The fraction of sp³-hybridized carbons (Fsp3) is 0.550. The molecule has 0 radical (unpaired) electrons. The normalized spacial score (nSPS) is 22.2. The number of carbonyl (C=O) groups is 2. The van der Waals surface area contributed by atoms with Gasteiger partial charge in [-0.15, -0.1) is 0 Å². The third kappa shape index (κ3) is 3.05. The molecular weight excluding hydrogens is 342 g/mol. The van der Waals surface area contributed by atoms with Crippen LogP contribution >= 0.6 is 0 Å². The van der Waals surface area contributed by atoms with E-state index in [0.717, 1.165) is 36.3 Å². The number of hydrogen-bond acceptors (Lipinski definition) is 3. The molecule has 2 bridgehead atoms. The van der Waals surface area contributed by atoms with Crippen molar-refractivity contribution in [3.05, 3.63) is 35.3 Å². The number of fused-ring (bicyclic) bond motifs is 5. The third-order valence-corrected chi connectivity index (χ3v) is 5.79. The average Bonchev–Trinajstić information content (AvgIpc) is 2.78. The zero-order chi connectivity index (χ0) is 19.3. The van der Waals surface area contributed by atoms with Crippen molar-refractivity contribution in [2.24, 2.45) is 5.92 Å². The number of nitrogens with zero attached hydrogens (tertiary/aromatic N) is 5. The molecule has 0 N–H and O–H groups in total. The van der Waals surface area contributed by atoms with E-state index in [1.807, 2.05) is 46.4 Å². The van der Waals surface area contributed by atoms with Crippen LogP contribution in [-0.2, 0) is 0 Å². The van der Waals surface area contributed by atoms with E-state index in [-0.39, 0.29) is 18.0 Å². The van der Waals surface area contributed by atoms with Gasteiger partial charge in [0.25, 0.3) is 5.91 Å². The average molecular weight is 369 g/mol. The first kappa shape index (κ1) is 17.8. The molecule has 7 nitrogen and oxygen atoms in total. The van der Waals surface area contributed by atoms with Crippen LogP contribution in [0.1, 0.15) is 34.6 Å². The summed E-state index contributed by atoms with van der Waals surface area (Å²) in [5.41, 5.74) is 3.33. The number of hydrogen-bond donors (Lipinski definition) is 0. The molecule has 3 fully saturated rings. The largest absolute Gasteiger partial charge is 0.332 e. The summed E-state index contributed by atoms with van der Waals surface area (Å²) >= 11 is 0. The highest BCUT2D eigenvalue weighted by molar-refractivity contribution is 5.95. The summed E-state index contributed by atoms with van der Waals surface area (Å²) in [6.07, 6.45) is 3.94. The molecule has 3 amide bonds. The summed E-state index contributed by atoms with van der Waals surface area (Å²) in [5.74, 6) is 0.357. The first-order chi connectivity index (χ1) is 12.8. The van der Waals surface area contributed by atoms with E-state index in [4.69, 9.17) is 0 Å². The van der Waals surface area contributed by atoms with E-state index in [1.165, 1.54) is 0 Å². The zero-order valence-electron chi connectivity index (χ0n) is 16.5. The number of urea groups is 1. The number of rotatable bonds is 1. The Kier molecular flexibility index (Phi) is 4.32. The summed E-state index contributed by atoms with van der Waals surface area (Å²) in [6, 6.07) is 4.09. The highest BCUT2D eigenvalue weighted by Gasteiger charge is 2.40. The van der Waals surface area contributed by atoms with Crippen LogP contribution in [-0.4, -0.2) is 75.8 Å². The predicted molar refractivity (Wildman–Crippen MR) is 103 cm³/mol. The number of amides is 3. The lowest BCUT2D eigenvalue weighted by atomic mass is 9.94. The van der Waals surface area contributed by atoms with E-state index >= 15 is 0 Å². The summed E-state index contributed by atoms with van der Waals surface area (Å²) in [5, 5.41) is 0. The molecule has 0 saturated carbocycles. The minimum absolute atomic E-state index is 0.0257. The Bertz CT molecular complexity index is 903. The van der Waals surface area contributed by atoms with Gasteiger partial charge in [-0.1, -0.05) is 0 Å². The van der Waals surface area contributed by atoms with Crippen molar-refractivity contribution < 1.29 is 9.59 Å². The molecule has 2 atom stereocenters. The number of imidazole rings is 1. The number of carbonyl (C=O) groups excluding carboxylic acids is 2. The lowest BCUT2D eigenvalue weighted by Gasteiger charge is -2.36. The highest BCUT2D eigenvalue weighted by atomic mass is 16.2. The van der Waals surface area contributed by atoms with Crippen LogP contribution in [0.15, 0.2) is 18.3 Å². The van der Waals surface area contributed by atoms with Crippen LogP contribution < -0.4 is 0 Å². The van der Waals surface area contributed by atoms with Crippen molar-refractivity contribution in [2.45, 2.75) is 32.7 Å². The van der Waals surface area contributed by atoms with Crippen molar-refractivity contribution in [1.29, 1.82) is 0 Å². The molecule has 5 heterocycles. The van der Waals surface area contributed by atoms with Crippen LogP contribution in [0, 0.1) is 19.8 Å². The number of pyridine rings is 1. The van der Waals surface area contributed by atoms with Crippen molar-refractivity contribution in [1.82, 2.24) is 24.1 Å². The van der Waals surface area contributed by atoms with Crippen LogP contribution in [0.4, 0.5) is 4.79 Å². The van der Waals surface area contributed by atoms with Gasteiger partial charge in [-0.25, -0.2) is 9.78 Å². The lowest BCUT2D eigenvalue weighted by Crippen LogP contribution is -2.48. The smallest absolute Gasteiger partial charge is 0.319 e. The fourth-order valence-corrected chi connectivity index (χ4v) is 4.43. The zero-order valence-corrected chi connectivity index (χ0v) is 16.5. The fourth-order valence-electron chi connectivity index (χ4n) is 4.43. The standard InChI is InChI=1S/C20H27N5O2/c1-13-7-8-24-17(9-13)21-14(2)18(24)19(26)25-11-15-5-6-16(25)12-23(10-15)20(27)22(3)4/h7-9,15-16H,5-6,10-12H2,1-4H3/t15-,16+/m1/s1. The lowest BCUT2D eigenvalue weighted by molar-refractivity contribution is 0.0577. The Morgan fingerprint density at radius 1 is 1.15 bits per heavy atom. The van der Waals surface area contributed by atoms with Crippen LogP contribution in [0.25, 0.3) is 5.65 Å². The SMILES string of the molecule is Cc1ccn2c(C(=O)N3C[C@@H]4CC[C@H]3CN(C(=O)N(C)C)C4)c(C)nc2c1. The quantitative estimate of drug-likeness (QED) is 0.774. The Labute approximate surface area is 159 Å². The Hall–Kier alpha value is -2.57. The molecule has 2 aromatic rings. The third-order valence-electron chi connectivity index (χ3n) is 5.79. The van der Waals surface area contributed by atoms with Gasteiger partial charge in [-0.05, 0) is 50.3 Å². The van der Waals surface area contributed by atoms with E-state index in [2.05, 4.69) is 4.98 Å². The molecule has 5 rings (SSSR count). The molecule has 3 saturated heterocycles. The van der Waals surface area contributed by atoms with Crippen LogP contribution in [0.3, 0.4) is 0 Å². The highest BCUT2D eigenvalue weighted by Crippen LogP contribution is 2.30. The molecule has 0 aromatic carbocycles. The Balaban J connectivity index is 1.65. The van der Waals surface area contributed by atoms with E-state index in [0.29, 0.717) is 24.7 Å². The molecule has 2 aromatic heterocycles. The minimum Gasteiger partial charge on any atom is -0.332 e. The molecule has 7 heteroatoms. The topological polar surface area (TPSA) is 61.2 Å². The van der Waals surface area contributed by atoms with E-state index in [1.54, 1.807) is 19.0 Å². The summed E-state index contributed by atoms with van der Waals surface area (Å²) < 4.78 is 1.89. The molecule has 144 valence electrons. The Morgan fingerprint density at radius 3 is 2.67 bits per heavy atom. The maximum atomic E-state index is 13.5. The monoisotopic (exact) mass is 369 g/mol.